The van der Waals surface area contributed by atoms with E-state index >= 15 is 0 Å². The molecule has 4 aromatic carbocycles. The summed E-state index contributed by atoms with van der Waals surface area (Å²) in [5.41, 5.74) is 5.37. The molecule has 0 atom stereocenters. The summed E-state index contributed by atoms with van der Waals surface area (Å²) in [6, 6.07) is 33.7. The maximum atomic E-state index is 4.62. The minimum atomic E-state index is 0.848. The number of rotatable bonds is 2. The van der Waals surface area contributed by atoms with Crippen molar-refractivity contribution in [1.82, 2.24) is 14.6 Å². The molecule has 30 heavy (non-hydrogen) atoms. The van der Waals surface area contributed by atoms with Crippen LogP contribution in [-0.2, 0) is 0 Å². The van der Waals surface area contributed by atoms with Crippen molar-refractivity contribution < 1.29 is 0 Å². The van der Waals surface area contributed by atoms with Crippen LogP contribution in [0.1, 0.15) is 0 Å². The van der Waals surface area contributed by atoms with E-state index < -0.39 is 0 Å². The number of nitrogens with zero attached hydrogens (tertiary/aromatic N) is 3. The van der Waals surface area contributed by atoms with Crippen molar-refractivity contribution in [3.05, 3.63) is 102 Å². The van der Waals surface area contributed by atoms with Crippen molar-refractivity contribution in [1.29, 1.82) is 0 Å². The van der Waals surface area contributed by atoms with Crippen LogP contribution in [0.5, 0.6) is 0 Å². The molecule has 0 aliphatic rings. The van der Waals surface area contributed by atoms with E-state index in [0.29, 0.717) is 0 Å². The zero-order chi connectivity index (χ0) is 20.1. The van der Waals surface area contributed by atoms with Crippen LogP contribution in [-0.4, -0.2) is 14.6 Å². The Morgan fingerprint density at radius 3 is 2.17 bits per heavy atom. The molecule has 0 fully saturated rings. The Morgan fingerprint density at radius 1 is 0.567 bits per heavy atom. The Morgan fingerprint density at radius 2 is 1.30 bits per heavy atom. The van der Waals surface area contributed by atoms with Crippen LogP contribution in [0, 0.1) is 0 Å². The molecule has 0 saturated carbocycles. The number of benzene rings is 4. The van der Waals surface area contributed by atoms with Crippen molar-refractivity contribution in [3.63, 3.8) is 0 Å². The van der Waals surface area contributed by atoms with Crippen molar-refractivity contribution in [2.45, 2.75) is 0 Å². The molecule has 2 heterocycles. The molecule has 0 bridgehead atoms. The van der Waals surface area contributed by atoms with Gasteiger partial charge in [-0.1, -0.05) is 88.7 Å². The van der Waals surface area contributed by atoms with Gasteiger partial charge in [0.05, 0.1) is 5.52 Å². The Balaban J connectivity index is 1.69. The fourth-order valence-corrected chi connectivity index (χ4v) is 4.54. The summed E-state index contributed by atoms with van der Waals surface area (Å²) in [5.74, 6) is 0.848. The van der Waals surface area contributed by atoms with Crippen molar-refractivity contribution >= 4 is 43.3 Å². The Kier molecular flexibility index (Phi) is 3.93. The molecule has 142 valence electrons. The first kappa shape index (κ1) is 17.4. The molecular weight excluding hydrogens is 434 g/mol. The predicted molar refractivity (Wildman–Crippen MR) is 127 cm³/mol. The van der Waals surface area contributed by atoms with E-state index in [-0.39, 0.29) is 0 Å². The summed E-state index contributed by atoms with van der Waals surface area (Å²) >= 11 is 3.63. The van der Waals surface area contributed by atoms with Gasteiger partial charge in [-0.3, -0.25) is 4.40 Å². The summed E-state index contributed by atoms with van der Waals surface area (Å²) in [5, 5.41) is 12.7. The van der Waals surface area contributed by atoms with Crippen LogP contribution in [0.2, 0.25) is 0 Å². The first-order valence-electron chi connectivity index (χ1n) is 9.80. The highest BCUT2D eigenvalue weighted by Crippen LogP contribution is 2.34. The standard InChI is InChI=1S/C26H16BrN3/c27-20-13-14-24-23(16-20)21-11-4-5-12-22(21)26-29-28-25(30(24)26)19-10-6-9-18(15-19)17-7-2-1-3-8-17/h1-16H. The van der Waals surface area contributed by atoms with Crippen LogP contribution in [0.15, 0.2) is 102 Å². The fraction of sp³-hybridized carbons (Fsp3) is 0. The molecule has 6 aromatic rings. The fourth-order valence-electron chi connectivity index (χ4n) is 4.17. The van der Waals surface area contributed by atoms with E-state index in [0.717, 1.165) is 38.0 Å². The summed E-state index contributed by atoms with van der Waals surface area (Å²) in [4.78, 5) is 0. The van der Waals surface area contributed by atoms with Crippen molar-refractivity contribution in [3.8, 4) is 22.5 Å². The number of fused-ring (bicyclic) bond motifs is 6. The molecule has 2 aromatic heterocycles. The number of hydrogen-bond acceptors (Lipinski definition) is 2. The van der Waals surface area contributed by atoms with E-state index in [4.69, 9.17) is 0 Å². The first-order chi connectivity index (χ1) is 14.8. The molecule has 0 aliphatic heterocycles. The first-order valence-corrected chi connectivity index (χ1v) is 10.6. The zero-order valence-corrected chi connectivity index (χ0v) is 17.5. The maximum absolute atomic E-state index is 4.62. The normalized spacial score (nSPS) is 11.5. The summed E-state index contributed by atoms with van der Waals surface area (Å²) in [7, 11) is 0. The van der Waals surface area contributed by atoms with Gasteiger partial charge in [0.15, 0.2) is 11.5 Å². The molecule has 0 N–H and O–H groups in total. The topological polar surface area (TPSA) is 30.2 Å². The van der Waals surface area contributed by atoms with Gasteiger partial charge in [-0.05, 0) is 40.8 Å². The number of hydrogen-bond donors (Lipinski definition) is 0. The average molecular weight is 450 g/mol. The second-order valence-corrected chi connectivity index (χ2v) is 8.25. The molecule has 0 spiro atoms. The van der Waals surface area contributed by atoms with Crippen LogP contribution < -0.4 is 0 Å². The van der Waals surface area contributed by atoms with E-state index in [1.165, 1.54) is 16.3 Å². The van der Waals surface area contributed by atoms with E-state index in [1.807, 2.05) is 6.07 Å². The predicted octanol–water partition coefficient (Wildman–Crippen LogP) is 7.13. The number of pyridine rings is 1. The molecule has 6 rings (SSSR count). The quantitative estimate of drug-likeness (QED) is 0.263. The summed E-state index contributed by atoms with van der Waals surface area (Å²) < 4.78 is 3.23. The van der Waals surface area contributed by atoms with Gasteiger partial charge in [0.1, 0.15) is 0 Å². The monoisotopic (exact) mass is 449 g/mol. The molecule has 0 radical (unpaired) electrons. The van der Waals surface area contributed by atoms with E-state index in [2.05, 4.69) is 122 Å². The summed E-state index contributed by atoms with van der Waals surface area (Å²) in [6.45, 7) is 0. The van der Waals surface area contributed by atoms with Gasteiger partial charge in [0, 0.05) is 20.8 Å². The minimum absolute atomic E-state index is 0.848. The lowest BCUT2D eigenvalue weighted by Gasteiger charge is -2.10. The average Bonchev–Trinajstić information content (AvgIpc) is 3.25. The van der Waals surface area contributed by atoms with Crippen LogP contribution in [0.4, 0.5) is 0 Å². The Hall–Kier alpha value is -3.50. The summed E-state index contributed by atoms with van der Waals surface area (Å²) in [6.07, 6.45) is 0. The number of halogens is 1. The molecule has 3 nitrogen and oxygen atoms in total. The van der Waals surface area contributed by atoms with Gasteiger partial charge in [-0.2, -0.15) is 0 Å². The van der Waals surface area contributed by atoms with Gasteiger partial charge in [-0.25, -0.2) is 0 Å². The minimum Gasteiger partial charge on any atom is -0.274 e. The second kappa shape index (κ2) is 6.78. The SMILES string of the molecule is Brc1ccc2c(c1)c1ccccc1c1nnc(-c3cccc(-c4ccccc4)c3)n21. The van der Waals surface area contributed by atoms with Gasteiger partial charge >= 0.3 is 0 Å². The number of aromatic nitrogens is 3. The molecular formula is C26H16BrN3. The lowest BCUT2D eigenvalue weighted by Crippen LogP contribution is -1.94. The van der Waals surface area contributed by atoms with Gasteiger partial charge < -0.3 is 0 Å². The molecule has 0 aliphatic carbocycles. The Labute approximate surface area is 181 Å². The van der Waals surface area contributed by atoms with Gasteiger partial charge in [-0.15, -0.1) is 10.2 Å². The zero-order valence-electron chi connectivity index (χ0n) is 16.0. The third-order valence-corrected chi connectivity index (χ3v) is 6.04. The van der Waals surface area contributed by atoms with Crippen LogP contribution in [0.25, 0.3) is 49.8 Å². The highest BCUT2D eigenvalue weighted by Gasteiger charge is 2.16. The van der Waals surface area contributed by atoms with Gasteiger partial charge in [0.2, 0.25) is 0 Å². The lowest BCUT2D eigenvalue weighted by molar-refractivity contribution is 1.12. The smallest absolute Gasteiger partial charge is 0.169 e. The van der Waals surface area contributed by atoms with Crippen LogP contribution >= 0.6 is 15.9 Å². The largest absolute Gasteiger partial charge is 0.274 e. The van der Waals surface area contributed by atoms with Crippen LogP contribution in [0.3, 0.4) is 0 Å². The molecule has 0 saturated heterocycles. The van der Waals surface area contributed by atoms with E-state index in [1.54, 1.807) is 0 Å². The third kappa shape index (κ3) is 2.65. The second-order valence-electron chi connectivity index (χ2n) is 7.34. The molecule has 0 unspecified atom stereocenters. The highest BCUT2D eigenvalue weighted by atomic mass is 79.9. The highest BCUT2D eigenvalue weighted by molar-refractivity contribution is 9.10. The lowest BCUT2D eigenvalue weighted by atomic mass is 10.0. The third-order valence-electron chi connectivity index (χ3n) is 5.55. The Bertz CT molecular complexity index is 1550. The maximum Gasteiger partial charge on any atom is 0.169 e. The molecule has 0 amide bonds. The van der Waals surface area contributed by atoms with Crippen molar-refractivity contribution in [2.24, 2.45) is 0 Å². The molecule has 4 heteroatoms. The van der Waals surface area contributed by atoms with E-state index in [9.17, 15) is 0 Å². The van der Waals surface area contributed by atoms with Gasteiger partial charge in [0.25, 0.3) is 0 Å². The van der Waals surface area contributed by atoms with Crippen molar-refractivity contribution in [2.75, 3.05) is 0 Å².